The van der Waals surface area contributed by atoms with Gasteiger partial charge in [-0.1, -0.05) is 11.8 Å². The molecular weight excluding hydrogens is 286 g/mol. The number of hydrogen-bond donors (Lipinski definition) is 2. The molecule has 114 valence electrons. The predicted octanol–water partition coefficient (Wildman–Crippen LogP) is 1.86. The second-order valence-corrected chi connectivity index (χ2v) is 6.02. The summed E-state index contributed by atoms with van der Waals surface area (Å²) >= 11 is 1.41. The Labute approximate surface area is 129 Å². The van der Waals surface area contributed by atoms with Crippen LogP contribution >= 0.6 is 11.3 Å². The third-order valence-electron chi connectivity index (χ3n) is 3.65. The van der Waals surface area contributed by atoms with Crippen LogP contribution in [0, 0.1) is 11.8 Å². The minimum Gasteiger partial charge on any atom is -0.396 e. The molecule has 1 amide bonds. The standard InChI is InChI=1S/C16H21NO3S/c18-10-2-1-5-13-8-12-21-15(13)16(20)17(9-4-11-19)14-6-3-7-14/h8,12,14,18-19H,2-4,6-7,9-11H2. The van der Waals surface area contributed by atoms with E-state index in [9.17, 15) is 4.79 Å². The van der Waals surface area contributed by atoms with Crippen LogP contribution in [-0.2, 0) is 0 Å². The fraction of sp³-hybridized carbons (Fsp3) is 0.562. The lowest BCUT2D eigenvalue weighted by atomic mass is 9.91. The lowest BCUT2D eigenvalue weighted by molar-refractivity contribution is 0.0567. The second kappa shape index (κ2) is 8.18. The summed E-state index contributed by atoms with van der Waals surface area (Å²) in [5.74, 6) is 5.86. The number of hydrogen-bond acceptors (Lipinski definition) is 4. The van der Waals surface area contributed by atoms with Gasteiger partial charge >= 0.3 is 0 Å². The minimum absolute atomic E-state index is 0.0245. The number of carbonyl (C=O) groups excluding carboxylic acids is 1. The average molecular weight is 307 g/mol. The summed E-state index contributed by atoms with van der Waals surface area (Å²) in [4.78, 5) is 15.3. The van der Waals surface area contributed by atoms with Crippen LogP contribution < -0.4 is 0 Å². The maximum Gasteiger partial charge on any atom is 0.265 e. The lowest BCUT2D eigenvalue weighted by Gasteiger charge is -2.37. The molecule has 1 aromatic heterocycles. The van der Waals surface area contributed by atoms with Crippen LogP contribution in [0.25, 0.3) is 0 Å². The average Bonchev–Trinajstić information content (AvgIpc) is 2.89. The Kier molecular flexibility index (Phi) is 6.24. The van der Waals surface area contributed by atoms with Crippen LogP contribution in [0.4, 0.5) is 0 Å². The molecule has 1 saturated carbocycles. The fourth-order valence-corrected chi connectivity index (χ4v) is 3.11. The molecule has 1 fully saturated rings. The van der Waals surface area contributed by atoms with Crippen molar-refractivity contribution in [2.75, 3.05) is 19.8 Å². The summed E-state index contributed by atoms with van der Waals surface area (Å²) in [6.45, 7) is 0.733. The molecule has 0 bridgehead atoms. The first-order chi connectivity index (χ1) is 10.3. The third kappa shape index (κ3) is 4.07. The lowest BCUT2D eigenvalue weighted by Crippen LogP contribution is -2.44. The quantitative estimate of drug-likeness (QED) is 0.789. The van der Waals surface area contributed by atoms with Gasteiger partial charge in [-0.2, -0.15) is 0 Å². The smallest absolute Gasteiger partial charge is 0.265 e. The Bertz CT molecular complexity index is 525. The summed E-state index contributed by atoms with van der Waals surface area (Å²) in [6.07, 6.45) is 4.29. The van der Waals surface area contributed by atoms with E-state index in [1.807, 2.05) is 16.3 Å². The summed E-state index contributed by atoms with van der Waals surface area (Å²) < 4.78 is 0. The maximum absolute atomic E-state index is 12.7. The topological polar surface area (TPSA) is 60.8 Å². The van der Waals surface area contributed by atoms with E-state index in [0.29, 0.717) is 30.3 Å². The zero-order valence-electron chi connectivity index (χ0n) is 12.0. The highest BCUT2D eigenvalue weighted by molar-refractivity contribution is 7.12. The molecule has 1 aliphatic rings. The first kappa shape index (κ1) is 16.0. The molecule has 0 saturated heterocycles. The van der Waals surface area contributed by atoms with Gasteiger partial charge in [0, 0.05) is 31.2 Å². The van der Waals surface area contributed by atoms with Crippen LogP contribution in [0.2, 0.25) is 0 Å². The molecule has 1 aromatic rings. The third-order valence-corrected chi connectivity index (χ3v) is 4.56. The van der Waals surface area contributed by atoms with Crippen molar-refractivity contribution in [1.82, 2.24) is 4.90 Å². The largest absolute Gasteiger partial charge is 0.396 e. The van der Waals surface area contributed by atoms with E-state index in [1.165, 1.54) is 17.8 Å². The molecule has 0 aromatic carbocycles. The first-order valence-electron chi connectivity index (χ1n) is 7.37. The predicted molar refractivity (Wildman–Crippen MR) is 83.3 cm³/mol. The summed E-state index contributed by atoms with van der Waals surface area (Å²) in [5, 5.41) is 19.7. The Balaban J connectivity index is 2.13. The molecular formula is C16H21NO3S. The highest BCUT2D eigenvalue weighted by Crippen LogP contribution is 2.28. The second-order valence-electron chi connectivity index (χ2n) is 5.10. The Morgan fingerprint density at radius 3 is 2.81 bits per heavy atom. The number of nitrogens with zero attached hydrogens (tertiary/aromatic N) is 1. The van der Waals surface area contributed by atoms with E-state index in [0.717, 1.165) is 18.4 Å². The van der Waals surface area contributed by atoms with Crippen molar-refractivity contribution in [3.8, 4) is 11.8 Å². The molecule has 21 heavy (non-hydrogen) atoms. The first-order valence-corrected chi connectivity index (χ1v) is 8.25. The fourth-order valence-electron chi connectivity index (χ4n) is 2.31. The molecule has 4 nitrogen and oxygen atoms in total. The van der Waals surface area contributed by atoms with Crippen LogP contribution in [0.1, 0.15) is 47.3 Å². The van der Waals surface area contributed by atoms with Gasteiger partial charge in [0.05, 0.1) is 6.61 Å². The van der Waals surface area contributed by atoms with E-state index in [-0.39, 0.29) is 19.1 Å². The van der Waals surface area contributed by atoms with Crippen LogP contribution in [0.5, 0.6) is 0 Å². The van der Waals surface area contributed by atoms with Gasteiger partial charge in [0.2, 0.25) is 0 Å². The highest BCUT2D eigenvalue weighted by Gasteiger charge is 2.30. The number of amides is 1. The van der Waals surface area contributed by atoms with Crippen LogP contribution in [0.3, 0.4) is 0 Å². The van der Waals surface area contributed by atoms with Gasteiger partial charge in [-0.3, -0.25) is 4.79 Å². The molecule has 1 aliphatic carbocycles. The molecule has 0 aliphatic heterocycles. The van der Waals surface area contributed by atoms with E-state index in [2.05, 4.69) is 11.8 Å². The van der Waals surface area contributed by atoms with Crippen LogP contribution in [-0.4, -0.2) is 46.8 Å². The van der Waals surface area contributed by atoms with E-state index in [1.54, 1.807) is 0 Å². The molecule has 2 rings (SSSR count). The zero-order valence-corrected chi connectivity index (χ0v) is 12.9. The van der Waals surface area contributed by atoms with Crippen molar-refractivity contribution >= 4 is 17.2 Å². The van der Waals surface area contributed by atoms with Crippen molar-refractivity contribution in [3.05, 3.63) is 21.9 Å². The Hall–Kier alpha value is -1.35. The molecule has 0 atom stereocenters. The number of rotatable bonds is 6. The highest BCUT2D eigenvalue weighted by atomic mass is 32.1. The zero-order chi connectivity index (χ0) is 15.1. The number of carbonyl (C=O) groups is 1. The van der Waals surface area contributed by atoms with Gasteiger partial charge in [-0.05, 0) is 37.1 Å². The van der Waals surface area contributed by atoms with Crippen molar-refractivity contribution in [2.24, 2.45) is 0 Å². The molecule has 0 unspecified atom stereocenters. The minimum atomic E-state index is 0.0245. The normalized spacial score (nSPS) is 14.2. The number of aliphatic hydroxyl groups excluding tert-OH is 2. The van der Waals surface area contributed by atoms with Gasteiger partial charge in [-0.25, -0.2) is 0 Å². The van der Waals surface area contributed by atoms with Gasteiger partial charge < -0.3 is 15.1 Å². The molecule has 5 heteroatoms. The van der Waals surface area contributed by atoms with E-state index in [4.69, 9.17) is 10.2 Å². The van der Waals surface area contributed by atoms with Crippen molar-refractivity contribution in [1.29, 1.82) is 0 Å². The van der Waals surface area contributed by atoms with Crippen LogP contribution in [0.15, 0.2) is 11.4 Å². The molecule has 0 spiro atoms. The SMILES string of the molecule is O=C(c1sccc1C#CCCO)N(CCCO)C1CCC1. The molecule has 2 N–H and O–H groups in total. The van der Waals surface area contributed by atoms with Gasteiger partial charge in [-0.15, -0.1) is 11.3 Å². The maximum atomic E-state index is 12.7. The van der Waals surface area contributed by atoms with Crippen molar-refractivity contribution in [2.45, 2.75) is 38.1 Å². The van der Waals surface area contributed by atoms with Crippen molar-refractivity contribution < 1.29 is 15.0 Å². The van der Waals surface area contributed by atoms with Crippen molar-refractivity contribution in [3.63, 3.8) is 0 Å². The van der Waals surface area contributed by atoms with Gasteiger partial charge in [0.25, 0.3) is 5.91 Å². The van der Waals surface area contributed by atoms with Gasteiger partial charge in [0.15, 0.2) is 0 Å². The Morgan fingerprint density at radius 1 is 1.38 bits per heavy atom. The summed E-state index contributed by atoms with van der Waals surface area (Å²) in [6, 6.07) is 2.16. The summed E-state index contributed by atoms with van der Waals surface area (Å²) in [5.41, 5.74) is 0.742. The number of aliphatic hydroxyl groups is 2. The molecule has 1 heterocycles. The summed E-state index contributed by atoms with van der Waals surface area (Å²) in [7, 11) is 0. The monoisotopic (exact) mass is 307 g/mol. The molecule has 0 radical (unpaired) electrons. The van der Waals surface area contributed by atoms with E-state index < -0.39 is 0 Å². The number of thiophene rings is 1. The van der Waals surface area contributed by atoms with Gasteiger partial charge in [0.1, 0.15) is 4.88 Å². The Morgan fingerprint density at radius 2 is 2.19 bits per heavy atom. The van der Waals surface area contributed by atoms with E-state index >= 15 is 0 Å².